The molecule has 1 amide bonds. The van der Waals surface area contributed by atoms with Crippen LogP contribution in [0.25, 0.3) is 0 Å². The summed E-state index contributed by atoms with van der Waals surface area (Å²) < 4.78 is 0. The van der Waals surface area contributed by atoms with Crippen molar-refractivity contribution in [3.05, 3.63) is 34.9 Å². The molecule has 1 aromatic rings. The average Bonchev–Trinajstić information content (AvgIpc) is 2.18. The fourth-order valence-electron chi connectivity index (χ4n) is 1.93. The maximum Gasteiger partial charge on any atom is 0.234 e. The van der Waals surface area contributed by atoms with Crippen molar-refractivity contribution in [1.29, 1.82) is 0 Å². The predicted molar refractivity (Wildman–Crippen MR) is 54.7 cm³/mol. The molecule has 1 aliphatic rings. The summed E-state index contributed by atoms with van der Waals surface area (Å²) in [6, 6.07) is 6.00. The number of benzene rings is 1. The van der Waals surface area contributed by atoms with Gasteiger partial charge < -0.3 is 11.1 Å². The Hall–Kier alpha value is -1.35. The number of rotatable bonds is 1. The summed E-state index contributed by atoms with van der Waals surface area (Å²) in [5.41, 5.74) is 9.07. The second-order valence-electron chi connectivity index (χ2n) is 3.75. The molecule has 1 aliphatic heterocycles. The number of fused-ring (bicyclic) bond motifs is 1. The molecule has 14 heavy (non-hydrogen) atoms. The van der Waals surface area contributed by atoms with Crippen LogP contribution in [-0.4, -0.2) is 11.9 Å². The monoisotopic (exact) mass is 190 g/mol. The van der Waals surface area contributed by atoms with Crippen molar-refractivity contribution in [3.8, 4) is 0 Å². The van der Waals surface area contributed by atoms with Crippen molar-refractivity contribution in [2.45, 2.75) is 25.9 Å². The van der Waals surface area contributed by atoms with Gasteiger partial charge in [0.1, 0.15) is 0 Å². The first-order valence-corrected chi connectivity index (χ1v) is 4.78. The van der Waals surface area contributed by atoms with Crippen LogP contribution in [0.1, 0.15) is 16.7 Å². The third-order valence-electron chi connectivity index (χ3n) is 2.80. The normalized spacial score (nSPS) is 20.2. The molecular weight excluding hydrogens is 176 g/mol. The van der Waals surface area contributed by atoms with Crippen LogP contribution in [0.15, 0.2) is 18.2 Å². The zero-order valence-corrected chi connectivity index (χ0v) is 8.21. The number of hydrogen-bond acceptors (Lipinski definition) is 2. The largest absolute Gasteiger partial charge is 0.368 e. The van der Waals surface area contributed by atoms with Crippen LogP contribution < -0.4 is 11.1 Å². The van der Waals surface area contributed by atoms with Crippen molar-refractivity contribution in [2.24, 2.45) is 5.73 Å². The number of carbonyl (C=O) groups is 1. The predicted octanol–water partition coefficient (Wildman–Crippen LogP) is 0.495. The summed E-state index contributed by atoms with van der Waals surface area (Å²) in [4.78, 5) is 11.0. The van der Waals surface area contributed by atoms with Crippen molar-refractivity contribution in [2.75, 3.05) is 0 Å². The number of primary amides is 1. The molecule has 0 aliphatic carbocycles. The van der Waals surface area contributed by atoms with Crippen molar-refractivity contribution in [3.63, 3.8) is 0 Å². The van der Waals surface area contributed by atoms with Gasteiger partial charge in [-0.1, -0.05) is 18.2 Å². The van der Waals surface area contributed by atoms with Gasteiger partial charge in [-0.15, -0.1) is 0 Å². The molecule has 1 heterocycles. The van der Waals surface area contributed by atoms with E-state index in [0.717, 1.165) is 13.0 Å². The summed E-state index contributed by atoms with van der Waals surface area (Å²) in [5, 5.41) is 3.13. The fourth-order valence-corrected chi connectivity index (χ4v) is 1.93. The first-order valence-electron chi connectivity index (χ1n) is 4.78. The number of nitrogens with two attached hydrogens (primary N) is 1. The molecule has 0 aromatic heterocycles. The van der Waals surface area contributed by atoms with Crippen molar-refractivity contribution < 1.29 is 4.79 Å². The third kappa shape index (κ3) is 1.51. The van der Waals surface area contributed by atoms with Crippen LogP contribution >= 0.6 is 0 Å². The lowest BCUT2D eigenvalue weighted by Crippen LogP contribution is -2.45. The quantitative estimate of drug-likeness (QED) is 0.677. The van der Waals surface area contributed by atoms with E-state index in [4.69, 9.17) is 5.73 Å². The van der Waals surface area contributed by atoms with Crippen LogP contribution in [0.3, 0.4) is 0 Å². The first kappa shape index (κ1) is 9.21. The Bertz CT molecular complexity index is 374. The number of hydrogen-bond donors (Lipinski definition) is 2. The number of aryl methyl sites for hydroxylation is 1. The molecule has 3 heteroatoms. The summed E-state index contributed by atoms with van der Waals surface area (Å²) in [5.74, 6) is -0.265. The smallest absolute Gasteiger partial charge is 0.234 e. The van der Waals surface area contributed by atoms with E-state index in [1.54, 1.807) is 0 Å². The van der Waals surface area contributed by atoms with Gasteiger partial charge in [0.05, 0.1) is 6.04 Å². The van der Waals surface area contributed by atoms with Crippen molar-refractivity contribution >= 4 is 5.91 Å². The molecular formula is C11H14N2O. The maximum absolute atomic E-state index is 11.0. The Morgan fingerprint density at radius 2 is 2.36 bits per heavy atom. The summed E-state index contributed by atoms with van der Waals surface area (Å²) in [6.07, 6.45) is 0.720. The van der Waals surface area contributed by atoms with Crippen LogP contribution in [0, 0.1) is 6.92 Å². The molecule has 1 atom stereocenters. The van der Waals surface area contributed by atoms with Gasteiger partial charge in [0, 0.05) is 6.54 Å². The average molecular weight is 190 g/mol. The number of nitrogens with one attached hydrogen (secondary N) is 1. The van der Waals surface area contributed by atoms with E-state index >= 15 is 0 Å². The molecule has 0 saturated carbocycles. The van der Waals surface area contributed by atoms with Gasteiger partial charge in [0.2, 0.25) is 5.91 Å². The molecule has 3 N–H and O–H groups in total. The van der Waals surface area contributed by atoms with Gasteiger partial charge in [0.25, 0.3) is 0 Å². The lowest BCUT2D eigenvalue weighted by atomic mass is 9.92. The van der Waals surface area contributed by atoms with E-state index in [9.17, 15) is 4.79 Å². The van der Waals surface area contributed by atoms with Gasteiger partial charge in [-0.3, -0.25) is 4.79 Å². The minimum Gasteiger partial charge on any atom is -0.368 e. The summed E-state index contributed by atoms with van der Waals surface area (Å²) >= 11 is 0. The zero-order valence-electron chi connectivity index (χ0n) is 8.21. The van der Waals surface area contributed by atoms with E-state index in [-0.39, 0.29) is 11.9 Å². The second-order valence-corrected chi connectivity index (χ2v) is 3.75. The highest BCUT2D eigenvalue weighted by molar-refractivity contribution is 5.80. The SMILES string of the molecule is Cc1cccc2c1CC(C(N)=O)NC2. The number of carbonyl (C=O) groups excluding carboxylic acids is 1. The van der Waals surface area contributed by atoms with E-state index in [1.165, 1.54) is 16.7 Å². The van der Waals surface area contributed by atoms with Crippen molar-refractivity contribution in [1.82, 2.24) is 5.32 Å². The Morgan fingerprint density at radius 1 is 1.57 bits per heavy atom. The highest BCUT2D eigenvalue weighted by Gasteiger charge is 2.22. The summed E-state index contributed by atoms with van der Waals surface area (Å²) in [6.45, 7) is 2.81. The lowest BCUT2D eigenvalue weighted by Gasteiger charge is -2.25. The number of amides is 1. The third-order valence-corrected chi connectivity index (χ3v) is 2.80. The Labute approximate surface area is 83.3 Å². The van der Waals surface area contributed by atoms with Gasteiger partial charge in [-0.25, -0.2) is 0 Å². The standard InChI is InChI=1S/C11H14N2O/c1-7-3-2-4-8-6-13-10(11(12)14)5-9(7)8/h2-4,10,13H,5-6H2,1H3,(H2,12,14). The Balaban J connectivity index is 2.33. The van der Waals surface area contributed by atoms with Crippen LogP contribution in [0.4, 0.5) is 0 Å². The fraction of sp³-hybridized carbons (Fsp3) is 0.364. The minimum absolute atomic E-state index is 0.205. The zero-order chi connectivity index (χ0) is 10.1. The highest BCUT2D eigenvalue weighted by Crippen LogP contribution is 2.20. The van der Waals surface area contributed by atoms with Crippen LogP contribution in [0.5, 0.6) is 0 Å². The maximum atomic E-state index is 11.0. The Morgan fingerprint density at radius 3 is 3.07 bits per heavy atom. The molecule has 3 nitrogen and oxygen atoms in total. The van der Waals surface area contributed by atoms with Gasteiger partial charge in [0.15, 0.2) is 0 Å². The lowest BCUT2D eigenvalue weighted by molar-refractivity contribution is -0.120. The molecule has 0 spiro atoms. The van der Waals surface area contributed by atoms with E-state index in [0.29, 0.717) is 0 Å². The molecule has 0 fully saturated rings. The van der Waals surface area contributed by atoms with E-state index in [1.807, 2.05) is 6.07 Å². The minimum atomic E-state index is -0.265. The molecule has 1 unspecified atom stereocenters. The Kier molecular flexibility index (Phi) is 2.25. The molecule has 74 valence electrons. The van der Waals surface area contributed by atoms with Gasteiger partial charge >= 0.3 is 0 Å². The van der Waals surface area contributed by atoms with Crippen LogP contribution in [0.2, 0.25) is 0 Å². The van der Waals surface area contributed by atoms with E-state index < -0.39 is 0 Å². The molecule has 0 saturated heterocycles. The molecule has 0 radical (unpaired) electrons. The van der Waals surface area contributed by atoms with E-state index in [2.05, 4.69) is 24.4 Å². The van der Waals surface area contributed by atoms with Gasteiger partial charge in [-0.05, 0) is 30.0 Å². The molecule has 2 rings (SSSR count). The van der Waals surface area contributed by atoms with Crippen LogP contribution in [-0.2, 0) is 17.8 Å². The molecule has 0 bridgehead atoms. The second kappa shape index (κ2) is 3.42. The van der Waals surface area contributed by atoms with Gasteiger partial charge in [-0.2, -0.15) is 0 Å². The topological polar surface area (TPSA) is 55.1 Å². The molecule has 1 aromatic carbocycles. The first-order chi connectivity index (χ1) is 6.68. The highest BCUT2D eigenvalue weighted by atomic mass is 16.1. The summed E-state index contributed by atoms with van der Waals surface area (Å²) in [7, 11) is 0.